The molecular formula is C18H15N3O5S. The average Bonchev–Trinajstić information content (AvgIpc) is 3.43. The molecule has 0 aliphatic rings. The third-order valence-corrected chi connectivity index (χ3v) is 4.86. The van der Waals surface area contributed by atoms with Gasteiger partial charge in [0.15, 0.2) is 23.1 Å². The third kappa shape index (κ3) is 3.24. The highest BCUT2D eigenvalue weighted by Gasteiger charge is 2.17. The zero-order valence-electron chi connectivity index (χ0n) is 14.5. The minimum Gasteiger partial charge on any atom is -0.493 e. The van der Waals surface area contributed by atoms with Crippen LogP contribution in [0.2, 0.25) is 0 Å². The SMILES string of the molecule is COc1ccc(-c2noc(=O)n2Cc2cc(-c3cccs3)on2)cc1OC. The van der Waals surface area contributed by atoms with Gasteiger partial charge in [-0.05, 0) is 29.6 Å². The molecule has 0 fully saturated rings. The van der Waals surface area contributed by atoms with Gasteiger partial charge in [0.1, 0.15) is 5.69 Å². The van der Waals surface area contributed by atoms with Crippen molar-refractivity contribution in [3.8, 4) is 33.5 Å². The molecule has 0 radical (unpaired) electrons. The zero-order chi connectivity index (χ0) is 18.8. The molecule has 0 N–H and O–H groups in total. The van der Waals surface area contributed by atoms with E-state index in [1.807, 2.05) is 17.5 Å². The van der Waals surface area contributed by atoms with Gasteiger partial charge in [0.2, 0.25) is 0 Å². The van der Waals surface area contributed by atoms with Gasteiger partial charge in [-0.15, -0.1) is 11.3 Å². The van der Waals surface area contributed by atoms with Gasteiger partial charge in [-0.1, -0.05) is 16.4 Å². The quantitative estimate of drug-likeness (QED) is 0.503. The van der Waals surface area contributed by atoms with Crippen LogP contribution < -0.4 is 15.2 Å². The van der Waals surface area contributed by atoms with Crippen molar-refractivity contribution in [3.05, 3.63) is 58.0 Å². The summed E-state index contributed by atoms with van der Waals surface area (Å²) in [4.78, 5) is 13.1. The van der Waals surface area contributed by atoms with Gasteiger partial charge in [0, 0.05) is 11.6 Å². The van der Waals surface area contributed by atoms with Crippen molar-refractivity contribution in [2.24, 2.45) is 0 Å². The Bertz CT molecular complexity index is 1110. The lowest BCUT2D eigenvalue weighted by Gasteiger charge is -2.09. The van der Waals surface area contributed by atoms with E-state index in [1.165, 1.54) is 4.57 Å². The summed E-state index contributed by atoms with van der Waals surface area (Å²) >= 11 is 1.55. The van der Waals surface area contributed by atoms with Crippen molar-refractivity contribution in [3.63, 3.8) is 0 Å². The van der Waals surface area contributed by atoms with Crippen molar-refractivity contribution in [1.29, 1.82) is 0 Å². The highest BCUT2D eigenvalue weighted by molar-refractivity contribution is 7.13. The van der Waals surface area contributed by atoms with Gasteiger partial charge in [-0.2, -0.15) is 0 Å². The molecule has 0 bridgehead atoms. The van der Waals surface area contributed by atoms with Crippen molar-refractivity contribution in [2.75, 3.05) is 14.2 Å². The van der Waals surface area contributed by atoms with Crippen molar-refractivity contribution >= 4 is 11.3 Å². The third-order valence-electron chi connectivity index (χ3n) is 3.97. The molecule has 3 heterocycles. The number of thiophene rings is 1. The summed E-state index contributed by atoms with van der Waals surface area (Å²) in [6.45, 7) is 0.168. The van der Waals surface area contributed by atoms with Crippen LogP contribution in [0, 0.1) is 0 Å². The molecule has 1 aromatic carbocycles. The lowest BCUT2D eigenvalue weighted by Crippen LogP contribution is -2.16. The second-order valence-corrected chi connectivity index (χ2v) is 6.54. The van der Waals surface area contributed by atoms with Crippen LogP contribution in [-0.2, 0) is 6.54 Å². The molecule has 4 aromatic rings. The van der Waals surface area contributed by atoms with Crippen LogP contribution in [0.1, 0.15) is 5.69 Å². The number of benzene rings is 1. The molecule has 0 saturated carbocycles. The van der Waals surface area contributed by atoms with Crippen LogP contribution in [0.3, 0.4) is 0 Å². The maximum atomic E-state index is 12.2. The molecule has 138 valence electrons. The first-order valence-corrected chi connectivity index (χ1v) is 8.86. The Hall–Kier alpha value is -3.33. The van der Waals surface area contributed by atoms with Crippen LogP contribution in [0.25, 0.3) is 22.0 Å². The van der Waals surface area contributed by atoms with Gasteiger partial charge in [0.05, 0.1) is 25.6 Å². The molecule has 0 aliphatic carbocycles. The highest BCUT2D eigenvalue weighted by Crippen LogP contribution is 2.31. The molecule has 3 aromatic heterocycles. The highest BCUT2D eigenvalue weighted by atomic mass is 32.1. The van der Waals surface area contributed by atoms with Crippen LogP contribution in [0.5, 0.6) is 11.5 Å². The van der Waals surface area contributed by atoms with E-state index in [0.717, 1.165) is 4.88 Å². The van der Waals surface area contributed by atoms with Gasteiger partial charge in [-0.25, -0.2) is 4.79 Å². The summed E-state index contributed by atoms with van der Waals surface area (Å²) in [5.74, 6) is 1.54. The summed E-state index contributed by atoms with van der Waals surface area (Å²) in [6.07, 6.45) is 0. The first kappa shape index (κ1) is 17.1. The Morgan fingerprint density at radius 3 is 2.67 bits per heavy atom. The van der Waals surface area contributed by atoms with Gasteiger partial charge < -0.3 is 14.0 Å². The Kier molecular flexibility index (Phi) is 4.51. The van der Waals surface area contributed by atoms with E-state index in [-0.39, 0.29) is 6.54 Å². The standard InChI is InChI=1S/C18H15N3O5S/c1-23-13-6-5-11(8-14(13)24-2)17-20-26-18(22)21(17)10-12-9-15(25-19-12)16-4-3-7-27-16/h3-9H,10H2,1-2H3. The maximum absolute atomic E-state index is 12.2. The van der Waals surface area contributed by atoms with Gasteiger partial charge in [0.25, 0.3) is 0 Å². The molecule has 0 unspecified atom stereocenters. The summed E-state index contributed by atoms with van der Waals surface area (Å²) < 4.78 is 22.2. The smallest absolute Gasteiger partial charge is 0.442 e. The summed E-state index contributed by atoms with van der Waals surface area (Å²) in [5.41, 5.74) is 1.24. The number of hydrogen-bond donors (Lipinski definition) is 0. The first-order valence-electron chi connectivity index (χ1n) is 7.98. The van der Waals surface area contributed by atoms with Crippen LogP contribution >= 0.6 is 11.3 Å². The fourth-order valence-electron chi connectivity index (χ4n) is 2.67. The number of hydrogen-bond acceptors (Lipinski definition) is 8. The zero-order valence-corrected chi connectivity index (χ0v) is 15.4. The number of aromatic nitrogens is 3. The molecule has 27 heavy (non-hydrogen) atoms. The molecule has 0 aliphatic heterocycles. The number of rotatable bonds is 6. The second-order valence-electron chi connectivity index (χ2n) is 5.59. The predicted molar refractivity (Wildman–Crippen MR) is 98.2 cm³/mol. The monoisotopic (exact) mass is 385 g/mol. The van der Waals surface area contributed by atoms with E-state index in [9.17, 15) is 4.79 Å². The van der Waals surface area contributed by atoms with Crippen molar-refractivity contribution < 1.29 is 18.5 Å². The lowest BCUT2D eigenvalue weighted by atomic mass is 10.2. The van der Waals surface area contributed by atoms with E-state index in [2.05, 4.69) is 10.3 Å². The normalized spacial score (nSPS) is 10.9. The second kappa shape index (κ2) is 7.12. The van der Waals surface area contributed by atoms with Crippen molar-refractivity contribution in [2.45, 2.75) is 6.54 Å². The molecule has 8 nitrogen and oxygen atoms in total. The van der Waals surface area contributed by atoms with Crippen LogP contribution in [-0.4, -0.2) is 29.1 Å². The van der Waals surface area contributed by atoms with E-state index in [0.29, 0.717) is 34.3 Å². The lowest BCUT2D eigenvalue weighted by molar-refractivity contribution is 0.355. The van der Waals surface area contributed by atoms with Crippen molar-refractivity contribution in [1.82, 2.24) is 14.9 Å². The number of methoxy groups -OCH3 is 2. The molecular weight excluding hydrogens is 370 g/mol. The summed E-state index contributed by atoms with van der Waals surface area (Å²) in [6, 6.07) is 10.9. The average molecular weight is 385 g/mol. The molecule has 0 atom stereocenters. The number of ether oxygens (including phenoxy) is 2. The number of nitrogens with zero attached hydrogens (tertiary/aromatic N) is 3. The first-order chi connectivity index (χ1) is 13.2. The summed E-state index contributed by atoms with van der Waals surface area (Å²) in [5, 5.41) is 9.89. The Morgan fingerprint density at radius 1 is 1.07 bits per heavy atom. The molecule has 0 spiro atoms. The van der Waals surface area contributed by atoms with Gasteiger partial charge in [-0.3, -0.25) is 9.09 Å². The molecule has 0 amide bonds. The largest absolute Gasteiger partial charge is 0.493 e. The Labute approximate surface area is 157 Å². The fraction of sp³-hybridized carbons (Fsp3) is 0.167. The minimum atomic E-state index is -0.583. The summed E-state index contributed by atoms with van der Waals surface area (Å²) in [7, 11) is 3.10. The predicted octanol–water partition coefficient (Wildman–Crippen LogP) is 3.29. The Morgan fingerprint density at radius 2 is 1.93 bits per heavy atom. The Balaban J connectivity index is 1.68. The maximum Gasteiger partial charge on any atom is 0.442 e. The van der Waals surface area contributed by atoms with E-state index >= 15 is 0 Å². The van der Waals surface area contributed by atoms with E-state index < -0.39 is 5.76 Å². The van der Waals surface area contributed by atoms with E-state index in [4.69, 9.17) is 18.5 Å². The molecule has 0 saturated heterocycles. The van der Waals surface area contributed by atoms with Crippen LogP contribution in [0.4, 0.5) is 0 Å². The minimum absolute atomic E-state index is 0.168. The molecule has 9 heteroatoms. The topological polar surface area (TPSA) is 92.5 Å². The van der Waals surface area contributed by atoms with Crippen LogP contribution in [0.15, 0.2) is 55.6 Å². The molecule has 4 rings (SSSR count). The fourth-order valence-corrected chi connectivity index (χ4v) is 3.35. The van der Waals surface area contributed by atoms with Gasteiger partial charge >= 0.3 is 5.76 Å². The van der Waals surface area contributed by atoms with E-state index in [1.54, 1.807) is 49.8 Å².